The fraction of sp³-hybridized carbons (Fsp3) is 0.875. The first kappa shape index (κ1) is 9.32. The summed E-state index contributed by atoms with van der Waals surface area (Å²) in [5.74, 6) is 5.78. The summed E-state index contributed by atoms with van der Waals surface area (Å²) in [5.41, 5.74) is 2.16. The lowest BCUT2D eigenvalue weighted by Crippen LogP contribution is -2.43. The second-order valence-corrected chi connectivity index (χ2v) is 3.47. The third-order valence-electron chi connectivity index (χ3n) is 2.43. The predicted molar refractivity (Wildman–Crippen MR) is 47.3 cm³/mol. The average molecular weight is 171 g/mol. The highest BCUT2D eigenvalue weighted by Gasteiger charge is 2.16. The number of hydrogen-bond donors (Lipinski definition) is 2. The number of nitrogens with one attached hydrogen (secondary N) is 1. The van der Waals surface area contributed by atoms with E-state index in [9.17, 15) is 4.79 Å². The Morgan fingerprint density at radius 1 is 1.50 bits per heavy atom. The van der Waals surface area contributed by atoms with E-state index < -0.39 is 0 Å². The maximum atomic E-state index is 11.1. The minimum Gasteiger partial charge on any atom is -0.324 e. The quantitative estimate of drug-likeness (QED) is 0.320. The monoisotopic (exact) mass is 171 g/mol. The zero-order valence-corrected chi connectivity index (χ0v) is 7.55. The van der Waals surface area contributed by atoms with Gasteiger partial charge in [-0.2, -0.15) is 0 Å². The molecular weight excluding hydrogens is 154 g/mol. The zero-order valence-electron chi connectivity index (χ0n) is 7.55. The van der Waals surface area contributed by atoms with Crippen LogP contribution in [0.4, 0.5) is 4.79 Å². The molecule has 1 heterocycles. The lowest BCUT2D eigenvalue weighted by Gasteiger charge is -2.18. The molecule has 1 fully saturated rings. The van der Waals surface area contributed by atoms with Crippen LogP contribution >= 0.6 is 0 Å². The molecule has 4 nitrogen and oxygen atoms in total. The smallest absolute Gasteiger partial charge is 0.324 e. The number of urea groups is 1. The number of carbonyl (C=O) groups excluding carboxylic acids is 1. The maximum Gasteiger partial charge on any atom is 0.331 e. The molecule has 2 amide bonds. The summed E-state index contributed by atoms with van der Waals surface area (Å²) in [6.07, 6.45) is 3.40. The molecule has 0 aromatic rings. The molecule has 0 spiro atoms. The van der Waals surface area contributed by atoms with E-state index >= 15 is 0 Å². The van der Waals surface area contributed by atoms with Crippen molar-refractivity contribution in [1.82, 2.24) is 10.3 Å². The van der Waals surface area contributed by atoms with Crippen molar-refractivity contribution < 1.29 is 4.79 Å². The van der Waals surface area contributed by atoms with Crippen LogP contribution < -0.4 is 11.3 Å². The van der Waals surface area contributed by atoms with E-state index in [4.69, 9.17) is 5.84 Å². The Hall–Kier alpha value is -0.770. The fourth-order valence-electron chi connectivity index (χ4n) is 1.56. The molecule has 0 saturated carbocycles. The van der Waals surface area contributed by atoms with E-state index in [0.29, 0.717) is 0 Å². The Kier molecular flexibility index (Phi) is 3.34. The topological polar surface area (TPSA) is 58.4 Å². The Morgan fingerprint density at radius 2 is 2.25 bits per heavy atom. The van der Waals surface area contributed by atoms with Crippen LogP contribution in [0.15, 0.2) is 0 Å². The third kappa shape index (κ3) is 2.37. The Balaban J connectivity index is 2.40. The number of hydrogen-bond acceptors (Lipinski definition) is 2. The van der Waals surface area contributed by atoms with E-state index in [2.05, 4.69) is 12.3 Å². The summed E-state index contributed by atoms with van der Waals surface area (Å²) < 4.78 is 0. The lowest BCUT2D eigenvalue weighted by atomic mass is 10.0. The highest BCUT2D eigenvalue weighted by molar-refractivity contribution is 5.73. The van der Waals surface area contributed by atoms with Gasteiger partial charge in [-0.3, -0.25) is 5.43 Å². The zero-order chi connectivity index (χ0) is 8.97. The van der Waals surface area contributed by atoms with Gasteiger partial charge in [-0.05, 0) is 25.2 Å². The molecule has 0 aromatic heterocycles. The summed E-state index contributed by atoms with van der Waals surface area (Å²) in [6.45, 7) is 3.90. The van der Waals surface area contributed by atoms with Gasteiger partial charge in [-0.1, -0.05) is 6.92 Å². The van der Waals surface area contributed by atoms with Gasteiger partial charge in [0.25, 0.3) is 0 Å². The SMILES string of the molecule is CC1CCCN(C(=O)NN)CC1. The molecule has 1 aliphatic heterocycles. The normalized spacial score (nSPS) is 24.8. The van der Waals surface area contributed by atoms with Gasteiger partial charge in [0.15, 0.2) is 0 Å². The molecule has 0 aromatic carbocycles. The molecule has 1 aliphatic rings. The summed E-state index contributed by atoms with van der Waals surface area (Å²) in [6, 6.07) is -0.149. The number of carbonyl (C=O) groups is 1. The van der Waals surface area contributed by atoms with Crippen LogP contribution in [0.5, 0.6) is 0 Å². The van der Waals surface area contributed by atoms with E-state index in [1.165, 1.54) is 6.42 Å². The van der Waals surface area contributed by atoms with Crippen LogP contribution in [0.25, 0.3) is 0 Å². The van der Waals surface area contributed by atoms with Gasteiger partial charge in [0.2, 0.25) is 0 Å². The van der Waals surface area contributed by atoms with Crippen LogP contribution in [-0.4, -0.2) is 24.0 Å². The van der Waals surface area contributed by atoms with Gasteiger partial charge < -0.3 is 4.90 Å². The van der Waals surface area contributed by atoms with Crippen LogP contribution in [0.1, 0.15) is 26.2 Å². The molecule has 1 rings (SSSR count). The summed E-state index contributed by atoms with van der Waals surface area (Å²) in [4.78, 5) is 12.9. The number of nitrogens with zero attached hydrogens (tertiary/aromatic N) is 1. The molecule has 4 heteroatoms. The largest absolute Gasteiger partial charge is 0.331 e. The number of rotatable bonds is 0. The van der Waals surface area contributed by atoms with Crippen molar-refractivity contribution in [3.8, 4) is 0 Å². The maximum absolute atomic E-state index is 11.1. The van der Waals surface area contributed by atoms with Gasteiger partial charge in [0.05, 0.1) is 0 Å². The van der Waals surface area contributed by atoms with E-state index in [1.54, 1.807) is 4.90 Å². The number of nitrogens with two attached hydrogens (primary N) is 1. The van der Waals surface area contributed by atoms with Gasteiger partial charge in [-0.15, -0.1) is 0 Å². The minimum absolute atomic E-state index is 0.149. The van der Waals surface area contributed by atoms with Gasteiger partial charge in [-0.25, -0.2) is 10.6 Å². The second kappa shape index (κ2) is 4.30. The molecule has 1 saturated heterocycles. The van der Waals surface area contributed by atoms with Gasteiger partial charge in [0, 0.05) is 13.1 Å². The first-order chi connectivity index (χ1) is 5.74. The predicted octanol–water partition coefficient (Wildman–Crippen LogP) is 0.692. The highest BCUT2D eigenvalue weighted by atomic mass is 16.2. The average Bonchev–Trinajstić information content (AvgIpc) is 2.29. The number of hydrazine groups is 1. The van der Waals surface area contributed by atoms with Gasteiger partial charge in [0.1, 0.15) is 0 Å². The molecule has 0 aliphatic carbocycles. The van der Waals surface area contributed by atoms with E-state index in [0.717, 1.165) is 31.8 Å². The van der Waals surface area contributed by atoms with Crippen molar-refractivity contribution in [2.75, 3.05) is 13.1 Å². The molecule has 3 N–H and O–H groups in total. The summed E-state index contributed by atoms with van der Waals surface area (Å²) in [5, 5.41) is 0. The lowest BCUT2D eigenvalue weighted by molar-refractivity contribution is 0.199. The fourth-order valence-corrected chi connectivity index (χ4v) is 1.56. The third-order valence-corrected chi connectivity index (χ3v) is 2.43. The molecule has 1 atom stereocenters. The van der Waals surface area contributed by atoms with Crippen molar-refractivity contribution in [1.29, 1.82) is 0 Å². The van der Waals surface area contributed by atoms with E-state index in [1.807, 2.05) is 0 Å². The van der Waals surface area contributed by atoms with Crippen LogP contribution in [0.2, 0.25) is 0 Å². The second-order valence-electron chi connectivity index (χ2n) is 3.47. The number of amides is 2. The highest BCUT2D eigenvalue weighted by Crippen LogP contribution is 2.15. The Morgan fingerprint density at radius 3 is 2.92 bits per heavy atom. The molecule has 70 valence electrons. The molecule has 1 unspecified atom stereocenters. The summed E-state index contributed by atoms with van der Waals surface area (Å²) >= 11 is 0. The van der Waals surface area contributed by atoms with Crippen molar-refractivity contribution >= 4 is 6.03 Å². The minimum atomic E-state index is -0.149. The Labute approximate surface area is 73.1 Å². The van der Waals surface area contributed by atoms with Crippen LogP contribution in [0.3, 0.4) is 0 Å². The first-order valence-electron chi connectivity index (χ1n) is 4.49. The molecular formula is C8H17N3O. The van der Waals surface area contributed by atoms with Gasteiger partial charge >= 0.3 is 6.03 Å². The van der Waals surface area contributed by atoms with Crippen molar-refractivity contribution in [3.63, 3.8) is 0 Å². The van der Waals surface area contributed by atoms with Crippen molar-refractivity contribution in [3.05, 3.63) is 0 Å². The standard InChI is InChI=1S/C8H17N3O/c1-7-3-2-5-11(6-4-7)8(12)10-9/h7H,2-6,9H2,1H3,(H,10,12). The first-order valence-corrected chi connectivity index (χ1v) is 4.49. The van der Waals surface area contributed by atoms with Crippen LogP contribution in [0, 0.1) is 5.92 Å². The van der Waals surface area contributed by atoms with Crippen molar-refractivity contribution in [2.24, 2.45) is 11.8 Å². The van der Waals surface area contributed by atoms with Crippen molar-refractivity contribution in [2.45, 2.75) is 26.2 Å². The Bertz CT molecular complexity index is 160. The molecule has 0 bridgehead atoms. The number of likely N-dealkylation sites (tertiary alicyclic amines) is 1. The summed E-state index contributed by atoms with van der Waals surface area (Å²) in [7, 11) is 0. The molecule has 12 heavy (non-hydrogen) atoms. The van der Waals surface area contributed by atoms with Crippen LogP contribution in [-0.2, 0) is 0 Å². The van der Waals surface area contributed by atoms with E-state index in [-0.39, 0.29) is 6.03 Å². The molecule has 0 radical (unpaired) electrons.